The third kappa shape index (κ3) is 2.85. The quantitative estimate of drug-likeness (QED) is 0.584. The van der Waals surface area contributed by atoms with E-state index in [9.17, 15) is 9.59 Å². The first-order valence-electron chi connectivity index (χ1n) is 4.01. The van der Waals surface area contributed by atoms with Crippen LogP contribution in [0.3, 0.4) is 0 Å². The first kappa shape index (κ1) is 11.3. The van der Waals surface area contributed by atoms with Crippen molar-refractivity contribution in [3.05, 3.63) is 28.8 Å². The van der Waals surface area contributed by atoms with Crippen LogP contribution in [0.4, 0.5) is 5.69 Å². The van der Waals surface area contributed by atoms with Gasteiger partial charge >= 0.3 is 5.97 Å². The Morgan fingerprint density at radius 2 is 2.07 bits per heavy atom. The molecule has 0 fully saturated rings. The van der Waals surface area contributed by atoms with Gasteiger partial charge in [-0.3, -0.25) is 4.79 Å². The zero-order valence-corrected chi connectivity index (χ0v) is 8.45. The molecule has 5 nitrogen and oxygen atoms in total. The highest BCUT2D eigenvalue weighted by Gasteiger charge is 2.13. The Labute approximate surface area is 90.9 Å². The fourth-order valence-electron chi connectivity index (χ4n) is 0.922. The number of hydrogen-bond acceptors (Lipinski definition) is 4. The largest absolute Gasteiger partial charge is 0.452 e. The Morgan fingerprint density at radius 1 is 1.40 bits per heavy atom. The van der Waals surface area contributed by atoms with E-state index in [0.717, 1.165) is 0 Å². The highest BCUT2D eigenvalue weighted by atomic mass is 35.5. The van der Waals surface area contributed by atoms with Crippen LogP contribution in [-0.4, -0.2) is 18.5 Å². The molecule has 0 saturated heterocycles. The number of nitrogen functional groups attached to an aromatic ring is 1. The summed E-state index contributed by atoms with van der Waals surface area (Å²) in [5, 5.41) is 0.104. The monoisotopic (exact) mass is 228 g/mol. The van der Waals surface area contributed by atoms with Crippen LogP contribution in [0, 0.1) is 0 Å². The van der Waals surface area contributed by atoms with Crippen LogP contribution in [0.1, 0.15) is 10.4 Å². The second-order valence-corrected chi connectivity index (χ2v) is 3.13. The third-order valence-electron chi connectivity index (χ3n) is 1.59. The van der Waals surface area contributed by atoms with Gasteiger partial charge in [-0.05, 0) is 12.1 Å². The molecule has 0 aliphatic rings. The number of hydrogen-bond donors (Lipinski definition) is 2. The maximum atomic E-state index is 11.4. The molecule has 1 amide bonds. The van der Waals surface area contributed by atoms with Crippen molar-refractivity contribution in [1.82, 2.24) is 0 Å². The summed E-state index contributed by atoms with van der Waals surface area (Å²) in [7, 11) is 0. The number of rotatable bonds is 3. The minimum Gasteiger partial charge on any atom is -0.452 e. The minimum atomic E-state index is -0.733. The highest BCUT2D eigenvalue weighted by molar-refractivity contribution is 6.36. The van der Waals surface area contributed by atoms with E-state index in [2.05, 4.69) is 4.74 Å². The average molecular weight is 229 g/mol. The average Bonchev–Trinajstić information content (AvgIpc) is 2.18. The number of benzene rings is 1. The summed E-state index contributed by atoms with van der Waals surface area (Å²) in [6.45, 7) is -0.482. The van der Waals surface area contributed by atoms with Crippen molar-refractivity contribution in [3.63, 3.8) is 0 Å². The van der Waals surface area contributed by atoms with E-state index in [1.54, 1.807) is 12.1 Å². The number of amides is 1. The maximum absolute atomic E-state index is 11.4. The topological polar surface area (TPSA) is 95.4 Å². The molecule has 0 bridgehead atoms. The summed E-state index contributed by atoms with van der Waals surface area (Å²) in [5.74, 6) is -1.46. The minimum absolute atomic E-state index is 0.104. The van der Waals surface area contributed by atoms with Gasteiger partial charge in [0.05, 0.1) is 16.3 Å². The zero-order valence-electron chi connectivity index (χ0n) is 7.70. The van der Waals surface area contributed by atoms with Crippen molar-refractivity contribution >= 4 is 29.2 Å². The van der Waals surface area contributed by atoms with Crippen LogP contribution >= 0.6 is 11.6 Å². The van der Waals surface area contributed by atoms with Gasteiger partial charge in [-0.2, -0.15) is 0 Å². The molecule has 1 aromatic carbocycles. The van der Waals surface area contributed by atoms with Crippen molar-refractivity contribution < 1.29 is 14.3 Å². The molecule has 1 rings (SSSR count). The Hall–Kier alpha value is -1.75. The lowest BCUT2D eigenvalue weighted by atomic mass is 10.2. The molecule has 4 N–H and O–H groups in total. The van der Waals surface area contributed by atoms with E-state index in [-0.39, 0.29) is 16.3 Å². The normalized spacial score (nSPS) is 9.67. The molecule has 80 valence electrons. The van der Waals surface area contributed by atoms with E-state index >= 15 is 0 Å². The summed E-state index contributed by atoms with van der Waals surface area (Å²) in [4.78, 5) is 21.7. The van der Waals surface area contributed by atoms with Crippen molar-refractivity contribution in [2.45, 2.75) is 0 Å². The van der Waals surface area contributed by atoms with Crippen LogP contribution in [0.5, 0.6) is 0 Å². The Bertz CT molecular complexity index is 406. The highest BCUT2D eigenvalue weighted by Crippen LogP contribution is 2.23. The lowest BCUT2D eigenvalue weighted by Crippen LogP contribution is -2.21. The van der Waals surface area contributed by atoms with Crippen molar-refractivity contribution in [2.75, 3.05) is 12.3 Å². The van der Waals surface area contributed by atoms with Gasteiger partial charge in [0, 0.05) is 0 Å². The van der Waals surface area contributed by atoms with Crippen LogP contribution in [0.15, 0.2) is 18.2 Å². The Morgan fingerprint density at radius 3 is 2.67 bits per heavy atom. The molecule has 0 radical (unpaired) electrons. The van der Waals surface area contributed by atoms with Crippen molar-refractivity contribution in [3.8, 4) is 0 Å². The van der Waals surface area contributed by atoms with E-state index in [4.69, 9.17) is 23.1 Å². The summed E-state index contributed by atoms with van der Waals surface area (Å²) < 4.78 is 4.57. The molecule has 0 spiro atoms. The van der Waals surface area contributed by atoms with Crippen LogP contribution in [0.2, 0.25) is 5.02 Å². The van der Waals surface area contributed by atoms with E-state index in [1.165, 1.54) is 6.07 Å². The molecule has 0 aromatic heterocycles. The molecular weight excluding hydrogens is 220 g/mol. The number of anilines is 1. The predicted octanol–water partition coefficient (Wildman–Crippen LogP) is 0.564. The number of ether oxygens (including phenoxy) is 1. The lowest BCUT2D eigenvalue weighted by molar-refractivity contribution is -0.121. The fraction of sp³-hybridized carbons (Fsp3) is 0.111. The summed E-state index contributed by atoms with van der Waals surface area (Å²) in [6, 6.07) is 4.55. The second-order valence-electron chi connectivity index (χ2n) is 2.75. The Kier molecular flexibility index (Phi) is 3.51. The van der Waals surface area contributed by atoms with Crippen LogP contribution in [-0.2, 0) is 9.53 Å². The summed E-state index contributed by atoms with van der Waals surface area (Å²) in [6.07, 6.45) is 0. The number of carbonyl (C=O) groups is 2. The van der Waals surface area contributed by atoms with Crippen molar-refractivity contribution in [1.29, 1.82) is 0 Å². The van der Waals surface area contributed by atoms with Gasteiger partial charge in [0.25, 0.3) is 5.91 Å². The molecule has 15 heavy (non-hydrogen) atoms. The number of carbonyl (C=O) groups excluding carboxylic acids is 2. The van der Waals surface area contributed by atoms with Crippen molar-refractivity contribution in [2.24, 2.45) is 5.73 Å². The van der Waals surface area contributed by atoms with Gasteiger partial charge in [-0.1, -0.05) is 17.7 Å². The number of nitrogens with two attached hydrogens (primary N) is 2. The molecular formula is C9H9ClN2O3. The fourth-order valence-corrected chi connectivity index (χ4v) is 1.13. The van der Waals surface area contributed by atoms with Gasteiger partial charge in [-0.25, -0.2) is 4.79 Å². The van der Waals surface area contributed by atoms with E-state index in [1.807, 2.05) is 0 Å². The van der Waals surface area contributed by atoms with E-state index in [0.29, 0.717) is 0 Å². The molecule has 0 unspecified atom stereocenters. The first-order valence-corrected chi connectivity index (χ1v) is 4.39. The molecule has 1 aromatic rings. The molecule has 0 atom stereocenters. The molecule has 0 aliphatic carbocycles. The molecule has 0 saturated carbocycles. The number of halogens is 1. The maximum Gasteiger partial charge on any atom is 0.340 e. The van der Waals surface area contributed by atoms with Gasteiger partial charge in [0.15, 0.2) is 6.61 Å². The summed E-state index contributed by atoms with van der Waals surface area (Å²) in [5.41, 5.74) is 10.7. The first-order chi connectivity index (χ1) is 7.02. The Balaban J connectivity index is 2.82. The third-order valence-corrected chi connectivity index (χ3v) is 2.02. The van der Waals surface area contributed by atoms with E-state index < -0.39 is 18.5 Å². The SMILES string of the molecule is NC(=O)COC(=O)c1cccc(N)c1Cl. The molecule has 0 aliphatic heterocycles. The zero-order chi connectivity index (χ0) is 11.4. The standard InChI is InChI=1S/C9H9ClN2O3/c10-8-5(2-1-3-6(8)11)9(14)15-4-7(12)13/h1-3H,4,11H2,(H2,12,13). The van der Waals surface area contributed by atoms with Crippen LogP contribution < -0.4 is 11.5 Å². The number of primary amides is 1. The molecule has 0 heterocycles. The second kappa shape index (κ2) is 4.65. The lowest BCUT2D eigenvalue weighted by Gasteiger charge is -2.05. The van der Waals surface area contributed by atoms with Gasteiger partial charge in [0.2, 0.25) is 0 Å². The van der Waals surface area contributed by atoms with Gasteiger partial charge in [0.1, 0.15) is 0 Å². The summed E-state index contributed by atoms with van der Waals surface area (Å²) >= 11 is 5.76. The van der Waals surface area contributed by atoms with Gasteiger partial charge < -0.3 is 16.2 Å². The molecule has 6 heteroatoms. The predicted molar refractivity (Wildman–Crippen MR) is 55.3 cm³/mol. The van der Waals surface area contributed by atoms with Crippen LogP contribution in [0.25, 0.3) is 0 Å². The number of esters is 1. The van der Waals surface area contributed by atoms with Gasteiger partial charge in [-0.15, -0.1) is 0 Å². The smallest absolute Gasteiger partial charge is 0.340 e.